The van der Waals surface area contributed by atoms with Gasteiger partial charge in [0, 0.05) is 31.4 Å². The van der Waals surface area contributed by atoms with E-state index in [9.17, 15) is 0 Å². The third-order valence-electron chi connectivity index (χ3n) is 9.31. The first-order valence-electron chi connectivity index (χ1n) is 18.4. The summed E-state index contributed by atoms with van der Waals surface area (Å²) in [4.78, 5) is 5.12. The van der Waals surface area contributed by atoms with Crippen LogP contribution in [0.1, 0.15) is 6.85 Å². The highest BCUT2D eigenvalue weighted by Crippen LogP contribution is 2.49. The average Bonchev–Trinajstić information content (AvgIpc) is 3.77. The van der Waals surface area contributed by atoms with Crippen LogP contribution in [-0.2, 0) is 0 Å². The minimum atomic E-state index is -0.431. The van der Waals surface area contributed by atoms with Gasteiger partial charge in [-0.2, -0.15) is 0 Å². The summed E-state index contributed by atoms with van der Waals surface area (Å²) in [6, 6.07) is 46.2. The Hall–Kier alpha value is -6.03. The molecule has 2 heterocycles. The molecular weight excluding hydrogens is 601 g/mol. The summed E-state index contributed by atoms with van der Waals surface area (Å²) < 4.78 is 47.5. The lowest BCUT2D eigenvalue weighted by Gasteiger charge is -2.20. The molecule has 0 atom stereocenters. The molecule has 0 amide bonds. The van der Waals surface area contributed by atoms with E-state index in [4.69, 9.17) is 11.8 Å². The molecule has 0 fully saturated rings. The third-order valence-corrected chi connectivity index (χ3v) is 10.4. The Morgan fingerprint density at radius 2 is 1.02 bits per heavy atom. The van der Waals surface area contributed by atoms with Gasteiger partial charge in [-0.15, -0.1) is 11.3 Å². The molecule has 8 aromatic carbocycles. The van der Waals surface area contributed by atoms with Gasteiger partial charge in [-0.05, 0) is 80.1 Å². The van der Waals surface area contributed by atoms with Gasteiger partial charge in [0.2, 0.25) is 0 Å². The number of nitrogens with zero attached hydrogens (tertiary/aromatic N) is 2. The van der Waals surface area contributed by atoms with Crippen molar-refractivity contribution in [2.24, 2.45) is 0 Å². The molecule has 0 aliphatic rings. The van der Waals surface area contributed by atoms with Crippen LogP contribution in [-0.4, -0.2) is 9.55 Å². The fourth-order valence-corrected chi connectivity index (χ4v) is 8.51. The fourth-order valence-electron chi connectivity index (χ4n) is 7.38. The largest absolute Gasteiger partial charge is 0.292 e. The van der Waals surface area contributed by atoms with Crippen molar-refractivity contribution in [2.45, 2.75) is 0 Å². The molecule has 0 bridgehead atoms. The Bertz CT molecular complexity index is 3060. The Morgan fingerprint density at radius 1 is 0.479 bits per heavy atom. The molecule has 2 aromatic heterocycles. The number of thiophene rings is 1. The second-order valence-corrected chi connectivity index (χ2v) is 13.0. The lowest BCUT2D eigenvalue weighted by molar-refractivity contribution is 1.10. The van der Waals surface area contributed by atoms with Gasteiger partial charge in [-0.25, -0.2) is 4.98 Å². The van der Waals surface area contributed by atoms with Crippen molar-refractivity contribution in [3.05, 3.63) is 170 Å². The Morgan fingerprint density at radius 3 is 1.75 bits per heavy atom. The highest BCUT2D eigenvalue weighted by Gasteiger charge is 2.23. The van der Waals surface area contributed by atoms with Crippen LogP contribution in [0.4, 0.5) is 0 Å². The van der Waals surface area contributed by atoms with E-state index < -0.39 is 6.04 Å². The second kappa shape index (κ2) is 10.8. The van der Waals surface area contributed by atoms with Crippen molar-refractivity contribution in [1.29, 1.82) is 0 Å². The molecule has 0 aliphatic carbocycles. The van der Waals surface area contributed by atoms with Crippen molar-refractivity contribution in [1.82, 2.24) is 9.55 Å². The number of hydrogen-bond acceptors (Lipinski definition) is 2. The van der Waals surface area contributed by atoms with Crippen molar-refractivity contribution in [3.8, 4) is 39.3 Å². The molecule has 0 radical (unpaired) electrons. The number of fused-ring (bicyclic) bond motifs is 6. The van der Waals surface area contributed by atoms with E-state index in [1.165, 1.54) is 31.3 Å². The SMILES string of the molecule is [2H]c1c([2H])c([2H])c(-n2c(-c3ccccc3-c3c4ccccc4c(-c4cccc5sc6ccccc6c45)c4ccccc34)nc3ccccc32)c([2H])c1[2H]. The van der Waals surface area contributed by atoms with Crippen LogP contribution in [0.15, 0.2) is 170 Å². The van der Waals surface area contributed by atoms with E-state index in [1.807, 2.05) is 53.8 Å². The highest BCUT2D eigenvalue weighted by molar-refractivity contribution is 7.25. The van der Waals surface area contributed by atoms with Gasteiger partial charge >= 0.3 is 0 Å². The molecular formula is C45H28N2S. The van der Waals surface area contributed by atoms with Crippen LogP contribution in [0.5, 0.6) is 0 Å². The lowest BCUT2D eigenvalue weighted by Crippen LogP contribution is -1.99. The van der Waals surface area contributed by atoms with Crippen LogP contribution >= 0.6 is 11.3 Å². The van der Waals surface area contributed by atoms with Crippen LogP contribution < -0.4 is 0 Å². The zero-order chi connectivity index (χ0) is 36.0. The second-order valence-electron chi connectivity index (χ2n) is 11.9. The van der Waals surface area contributed by atoms with Gasteiger partial charge in [0.15, 0.2) is 0 Å². The Kier molecular flexibility index (Phi) is 5.04. The van der Waals surface area contributed by atoms with Gasteiger partial charge in [-0.3, -0.25) is 4.57 Å². The molecule has 48 heavy (non-hydrogen) atoms. The number of hydrogen-bond donors (Lipinski definition) is 0. The summed E-state index contributed by atoms with van der Waals surface area (Å²) in [5.41, 5.74) is 6.49. The zero-order valence-corrected chi connectivity index (χ0v) is 26.4. The first-order valence-corrected chi connectivity index (χ1v) is 16.7. The van der Waals surface area contributed by atoms with E-state index in [2.05, 4.69) is 97.1 Å². The summed E-state index contributed by atoms with van der Waals surface area (Å²) in [5, 5.41) is 6.91. The smallest absolute Gasteiger partial charge is 0.146 e. The van der Waals surface area contributed by atoms with Gasteiger partial charge in [-0.1, -0.05) is 133 Å². The predicted molar refractivity (Wildman–Crippen MR) is 205 cm³/mol. The van der Waals surface area contributed by atoms with E-state index in [0.29, 0.717) is 16.9 Å². The average molecular weight is 634 g/mol. The summed E-state index contributed by atoms with van der Waals surface area (Å²) in [6.45, 7) is 0. The number of para-hydroxylation sites is 3. The molecule has 0 saturated carbocycles. The lowest BCUT2D eigenvalue weighted by atomic mass is 9.84. The Labute approximate surface area is 288 Å². The predicted octanol–water partition coefficient (Wildman–Crippen LogP) is 12.7. The topological polar surface area (TPSA) is 17.8 Å². The molecule has 0 aliphatic heterocycles. The standard InChI is InChI=1S/C45H28N2S/c1-2-15-29(16-3-1)47-39-26-12-11-25-38(39)46-45(47)35-22-9-8-21-34(35)42-30-17-4-6-19-32(30)43(33-20-7-5-18-31(33)42)37-24-14-28-41-44(37)36-23-10-13-27-40(36)48-41/h1-28H/i1D,2D,3D,15D,16D. The van der Waals surface area contributed by atoms with Crippen LogP contribution in [0, 0.1) is 0 Å². The monoisotopic (exact) mass is 633 g/mol. The van der Waals surface area contributed by atoms with Gasteiger partial charge in [0.25, 0.3) is 0 Å². The van der Waals surface area contributed by atoms with Gasteiger partial charge < -0.3 is 0 Å². The quantitative estimate of drug-likeness (QED) is 0.176. The summed E-state index contributed by atoms with van der Waals surface area (Å²) in [5.74, 6) is 0.493. The van der Waals surface area contributed by atoms with Crippen LogP contribution in [0.3, 0.4) is 0 Å². The molecule has 0 spiro atoms. The normalized spacial score (nSPS) is 13.2. The number of benzene rings is 8. The minimum absolute atomic E-state index is 0.0654. The fraction of sp³-hybridized carbons (Fsp3) is 0. The van der Waals surface area contributed by atoms with Crippen LogP contribution in [0.25, 0.3) is 92.1 Å². The van der Waals surface area contributed by atoms with Crippen molar-refractivity contribution in [2.75, 3.05) is 0 Å². The summed E-state index contributed by atoms with van der Waals surface area (Å²) in [6.07, 6.45) is 0. The number of imidazole rings is 1. The maximum atomic E-state index is 8.96. The van der Waals surface area contributed by atoms with E-state index in [-0.39, 0.29) is 29.9 Å². The zero-order valence-electron chi connectivity index (χ0n) is 30.6. The summed E-state index contributed by atoms with van der Waals surface area (Å²) >= 11 is 1.82. The number of aromatic nitrogens is 2. The van der Waals surface area contributed by atoms with Crippen LogP contribution in [0.2, 0.25) is 0 Å². The number of rotatable bonds is 4. The highest BCUT2D eigenvalue weighted by atomic mass is 32.1. The Balaban J connectivity index is 1.32. The van der Waals surface area contributed by atoms with E-state index in [1.54, 1.807) is 4.57 Å². The van der Waals surface area contributed by atoms with E-state index in [0.717, 1.165) is 38.2 Å². The van der Waals surface area contributed by atoms with Crippen molar-refractivity contribution in [3.63, 3.8) is 0 Å². The maximum Gasteiger partial charge on any atom is 0.146 e. The van der Waals surface area contributed by atoms with Gasteiger partial charge in [0.05, 0.1) is 17.9 Å². The molecule has 0 N–H and O–H groups in total. The first-order chi connectivity index (χ1) is 25.9. The van der Waals surface area contributed by atoms with Crippen molar-refractivity contribution >= 4 is 64.1 Å². The molecule has 0 unspecified atom stereocenters. The van der Waals surface area contributed by atoms with E-state index >= 15 is 0 Å². The summed E-state index contributed by atoms with van der Waals surface area (Å²) in [7, 11) is 0. The third kappa shape index (κ3) is 4.01. The molecule has 10 rings (SSSR count). The molecule has 0 saturated heterocycles. The minimum Gasteiger partial charge on any atom is -0.292 e. The van der Waals surface area contributed by atoms with Gasteiger partial charge in [0.1, 0.15) is 5.82 Å². The van der Waals surface area contributed by atoms with Crippen molar-refractivity contribution < 1.29 is 6.85 Å². The molecule has 3 heteroatoms. The molecule has 224 valence electrons. The molecule has 10 aromatic rings. The molecule has 2 nitrogen and oxygen atoms in total. The maximum absolute atomic E-state index is 8.96. The first kappa shape index (κ1) is 22.5.